The molecule has 2 heteroatoms. The first-order valence-corrected chi connectivity index (χ1v) is 20.0. The smallest absolute Gasteiger partial charge is 0.0503 e. The Balaban J connectivity index is 1.24. The van der Waals surface area contributed by atoms with E-state index in [1.54, 1.807) is 0 Å². The average molecular weight is 707 g/mol. The van der Waals surface area contributed by atoms with Crippen LogP contribution >= 0.6 is 0 Å². The maximum absolute atomic E-state index is 2.49. The van der Waals surface area contributed by atoms with Gasteiger partial charge in [0.15, 0.2) is 0 Å². The topological polar surface area (TPSA) is 6.48 Å². The zero-order chi connectivity index (χ0) is 37.7. The molecule has 4 aromatic rings. The van der Waals surface area contributed by atoms with Crippen molar-refractivity contribution in [3.8, 4) is 0 Å². The van der Waals surface area contributed by atoms with Crippen LogP contribution in [0.15, 0.2) is 179 Å². The first kappa shape index (κ1) is 35.7. The van der Waals surface area contributed by atoms with E-state index >= 15 is 0 Å². The lowest BCUT2D eigenvalue weighted by atomic mass is 9.67. The van der Waals surface area contributed by atoms with Crippen LogP contribution in [0.4, 0.5) is 22.7 Å². The second-order valence-electron chi connectivity index (χ2n) is 16.6. The van der Waals surface area contributed by atoms with Crippen LogP contribution in [0.25, 0.3) is 0 Å². The Morgan fingerprint density at radius 3 is 1.26 bits per heavy atom. The van der Waals surface area contributed by atoms with Gasteiger partial charge in [-0.2, -0.15) is 0 Å². The van der Waals surface area contributed by atoms with Crippen LogP contribution in [-0.4, -0.2) is 0 Å². The molecule has 4 aliphatic carbocycles. The number of allylic oxidation sites excluding steroid dienone is 11. The molecular formula is C52H54N2. The van der Waals surface area contributed by atoms with Crippen LogP contribution in [0.2, 0.25) is 0 Å². The molecule has 0 bridgehead atoms. The molecule has 1 unspecified atom stereocenters. The number of benzene rings is 4. The van der Waals surface area contributed by atoms with Crippen molar-refractivity contribution in [2.24, 2.45) is 5.92 Å². The van der Waals surface area contributed by atoms with Crippen molar-refractivity contribution in [3.05, 3.63) is 201 Å². The van der Waals surface area contributed by atoms with Crippen LogP contribution in [0, 0.1) is 5.92 Å². The summed E-state index contributed by atoms with van der Waals surface area (Å²) in [6, 6.07) is 36.8. The van der Waals surface area contributed by atoms with E-state index in [0.717, 1.165) is 6.42 Å². The molecule has 0 heterocycles. The van der Waals surface area contributed by atoms with E-state index in [2.05, 4.69) is 205 Å². The van der Waals surface area contributed by atoms with Crippen molar-refractivity contribution in [2.75, 3.05) is 9.80 Å². The van der Waals surface area contributed by atoms with Crippen molar-refractivity contribution in [1.29, 1.82) is 0 Å². The monoisotopic (exact) mass is 706 g/mol. The summed E-state index contributed by atoms with van der Waals surface area (Å²) in [5.74, 6) is 2.09. The summed E-state index contributed by atoms with van der Waals surface area (Å²) in [5, 5.41) is 0. The summed E-state index contributed by atoms with van der Waals surface area (Å²) >= 11 is 0. The first-order valence-electron chi connectivity index (χ1n) is 20.0. The fraction of sp³-hybridized carbons (Fsp3) is 0.269. The highest BCUT2D eigenvalue weighted by Crippen LogP contribution is 2.53. The predicted octanol–water partition coefficient (Wildman–Crippen LogP) is 14.6. The second-order valence-corrected chi connectivity index (χ2v) is 16.6. The van der Waals surface area contributed by atoms with Gasteiger partial charge in [-0.05, 0) is 129 Å². The molecular weight excluding hydrogens is 653 g/mol. The molecule has 272 valence electrons. The van der Waals surface area contributed by atoms with Gasteiger partial charge >= 0.3 is 0 Å². The third kappa shape index (κ3) is 6.47. The Labute approximate surface area is 323 Å². The lowest BCUT2D eigenvalue weighted by molar-refractivity contribution is 0.798. The molecule has 1 atom stereocenters. The zero-order valence-electron chi connectivity index (χ0n) is 33.3. The van der Waals surface area contributed by atoms with E-state index in [1.165, 1.54) is 84.3 Å². The maximum atomic E-state index is 2.49. The molecule has 0 aromatic heterocycles. The Morgan fingerprint density at radius 2 is 0.852 bits per heavy atom. The van der Waals surface area contributed by atoms with E-state index in [4.69, 9.17) is 0 Å². The molecule has 0 aliphatic heterocycles. The molecule has 0 fully saturated rings. The molecule has 0 radical (unpaired) electrons. The van der Waals surface area contributed by atoms with Crippen LogP contribution in [0.5, 0.6) is 0 Å². The largest absolute Gasteiger partial charge is 0.310 e. The van der Waals surface area contributed by atoms with Crippen molar-refractivity contribution in [2.45, 2.75) is 85.5 Å². The van der Waals surface area contributed by atoms with Gasteiger partial charge in [0.2, 0.25) is 0 Å². The van der Waals surface area contributed by atoms with E-state index in [1.807, 2.05) is 0 Å². The Hall–Kier alpha value is -5.34. The molecule has 0 saturated heterocycles. The Morgan fingerprint density at radius 1 is 0.444 bits per heavy atom. The average Bonchev–Trinajstić information content (AvgIpc) is 3.18. The van der Waals surface area contributed by atoms with Crippen molar-refractivity contribution >= 4 is 22.7 Å². The van der Waals surface area contributed by atoms with Gasteiger partial charge in [0.05, 0.1) is 11.4 Å². The fourth-order valence-corrected chi connectivity index (χ4v) is 8.43. The van der Waals surface area contributed by atoms with Crippen LogP contribution in [0.3, 0.4) is 0 Å². The number of hydrogen-bond donors (Lipinski definition) is 0. The molecule has 8 rings (SSSR count). The Kier molecular flexibility index (Phi) is 9.57. The normalized spacial score (nSPS) is 17.3. The second kappa shape index (κ2) is 14.5. The quantitative estimate of drug-likeness (QED) is 0.162. The van der Waals surface area contributed by atoms with E-state index in [-0.39, 0.29) is 5.92 Å². The first-order chi connectivity index (χ1) is 26.1. The fourth-order valence-electron chi connectivity index (χ4n) is 8.43. The van der Waals surface area contributed by atoms with E-state index in [9.17, 15) is 0 Å². The SMILES string of the molecule is CC(C)c1ccc(N(C2=CC=C3C=CC4=C5C(=CC=C2C35)CC=C4N(c2ccc(C(C)C)cc2)c2ccc(C(C)C)cc2)c2ccc(C(C)C)cc2)cc1. The summed E-state index contributed by atoms with van der Waals surface area (Å²) in [6.07, 6.45) is 17.6. The van der Waals surface area contributed by atoms with Crippen LogP contribution in [-0.2, 0) is 0 Å². The highest BCUT2D eigenvalue weighted by atomic mass is 15.2. The molecule has 0 saturated carbocycles. The van der Waals surface area contributed by atoms with Crippen molar-refractivity contribution in [1.82, 2.24) is 0 Å². The zero-order valence-corrected chi connectivity index (χ0v) is 33.3. The highest BCUT2D eigenvalue weighted by Gasteiger charge is 2.39. The van der Waals surface area contributed by atoms with Gasteiger partial charge in [-0.3, -0.25) is 0 Å². The third-order valence-electron chi connectivity index (χ3n) is 11.7. The van der Waals surface area contributed by atoms with Gasteiger partial charge in [0.1, 0.15) is 0 Å². The van der Waals surface area contributed by atoms with Gasteiger partial charge in [-0.1, -0.05) is 140 Å². The van der Waals surface area contributed by atoms with Gasteiger partial charge in [0, 0.05) is 34.2 Å². The van der Waals surface area contributed by atoms with Crippen molar-refractivity contribution < 1.29 is 0 Å². The summed E-state index contributed by atoms with van der Waals surface area (Å²) in [4.78, 5) is 4.96. The van der Waals surface area contributed by atoms with Gasteiger partial charge in [0.25, 0.3) is 0 Å². The highest BCUT2D eigenvalue weighted by molar-refractivity contribution is 5.81. The van der Waals surface area contributed by atoms with Crippen LogP contribution in [0.1, 0.15) is 108 Å². The van der Waals surface area contributed by atoms with Crippen molar-refractivity contribution in [3.63, 3.8) is 0 Å². The predicted molar refractivity (Wildman–Crippen MR) is 231 cm³/mol. The number of nitrogens with zero attached hydrogens (tertiary/aromatic N) is 2. The third-order valence-corrected chi connectivity index (χ3v) is 11.7. The lowest BCUT2D eigenvalue weighted by Gasteiger charge is -2.42. The number of rotatable bonds is 10. The van der Waals surface area contributed by atoms with Gasteiger partial charge in [-0.25, -0.2) is 0 Å². The van der Waals surface area contributed by atoms with Gasteiger partial charge < -0.3 is 9.80 Å². The molecule has 0 amide bonds. The van der Waals surface area contributed by atoms with Crippen LogP contribution < -0.4 is 9.80 Å². The molecule has 0 N–H and O–H groups in total. The summed E-state index contributed by atoms with van der Waals surface area (Å²) in [6.45, 7) is 18.1. The summed E-state index contributed by atoms with van der Waals surface area (Å²) in [7, 11) is 0. The molecule has 2 nitrogen and oxygen atoms in total. The molecule has 54 heavy (non-hydrogen) atoms. The number of hydrogen-bond acceptors (Lipinski definition) is 2. The minimum absolute atomic E-state index is 0.162. The minimum Gasteiger partial charge on any atom is -0.310 e. The van der Waals surface area contributed by atoms with Gasteiger partial charge in [-0.15, -0.1) is 0 Å². The molecule has 0 spiro atoms. The minimum atomic E-state index is 0.162. The summed E-state index contributed by atoms with van der Waals surface area (Å²) in [5.41, 5.74) is 19.5. The summed E-state index contributed by atoms with van der Waals surface area (Å²) < 4.78 is 0. The molecule has 4 aromatic carbocycles. The Bertz CT molecular complexity index is 2160. The molecule has 4 aliphatic rings. The standard InChI is InChI=1S/C52H54N2/c1-33(2)37-9-21-43(22-10-37)53(44-23-11-38(12-24-44)34(3)4)49-31-19-41-18-30-48-50(32-20-42-17-29-47(49)51(41)52(42)48)54(45-25-13-39(14-26-45)35(5)6)46-27-15-40(16-28-46)36(7)8/h9-19,21-36,51H,20H2,1-8H3. The van der Waals surface area contributed by atoms with E-state index in [0.29, 0.717) is 23.7 Å². The maximum Gasteiger partial charge on any atom is 0.0503 e. The van der Waals surface area contributed by atoms with E-state index < -0.39 is 0 Å². The lowest BCUT2D eigenvalue weighted by Crippen LogP contribution is -2.31. The number of anilines is 4.